The molecule has 0 spiro atoms. The molecule has 0 bridgehead atoms. The van der Waals surface area contributed by atoms with E-state index in [-0.39, 0.29) is 24.9 Å². The zero-order valence-electron chi connectivity index (χ0n) is 13.0. The number of amides is 2. The van der Waals surface area contributed by atoms with Crippen molar-refractivity contribution in [2.45, 2.75) is 6.54 Å². The number of anilines is 1. The van der Waals surface area contributed by atoms with Crippen LogP contribution < -0.4 is 10.6 Å². The van der Waals surface area contributed by atoms with E-state index in [4.69, 9.17) is 11.6 Å². The molecule has 24 heavy (non-hydrogen) atoms. The van der Waals surface area contributed by atoms with Crippen molar-refractivity contribution in [1.29, 1.82) is 0 Å². The van der Waals surface area contributed by atoms with Gasteiger partial charge in [0.25, 0.3) is 0 Å². The van der Waals surface area contributed by atoms with E-state index < -0.39 is 0 Å². The van der Waals surface area contributed by atoms with E-state index in [1.54, 1.807) is 17.0 Å². The van der Waals surface area contributed by atoms with Crippen LogP contribution in [0.2, 0.25) is 5.02 Å². The van der Waals surface area contributed by atoms with Crippen molar-refractivity contribution in [2.75, 3.05) is 31.5 Å². The van der Waals surface area contributed by atoms with Crippen LogP contribution in [-0.2, 0) is 16.1 Å². The third-order valence-corrected chi connectivity index (χ3v) is 4.16. The van der Waals surface area contributed by atoms with E-state index in [0.29, 0.717) is 30.6 Å². The fourth-order valence-electron chi connectivity index (χ4n) is 2.52. The van der Waals surface area contributed by atoms with E-state index in [2.05, 4.69) is 15.6 Å². The third-order valence-electron chi connectivity index (χ3n) is 3.79. The van der Waals surface area contributed by atoms with Crippen molar-refractivity contribution in [3.63, 3.8) is 0 Å². The molecule has 1 fully saturated rings. The molecular formula is C16H18ClN5O2. The van der Waals surface area contributed by atoms with Crippen LogP contribution in [-0.4, -0.2) is 52.4 Å². The molecule has 7 nitrogen and oxygen atoms in total. The number of imidazole rings is 1. The summed E-state index contributed by atoms with van der Waals surface area (Å²) in [5, 5.41) is 6.39. The molecule has 0 saturated carbocycles. The first-order valence-electron chi connectivity index (χ1n) is 7.66. The summed E-state index contributed by atoms with van der Waals surface area (Å²) in [4.78, 5) is 29.6. The number of hydrogen-bond acceptors (Lipinski definition) is 4. The molecule has 2 amide bonds. The van der Waals surface area contributed by atoms with Crippen LogP contribution in [0.25, 0.3) is 0 Å². The number of nitrogens with one attached hydrogen (secondary N) is 2. The van der Waals surface area contributed by atoms with E-state index in [0.717, 1.165) is 5.56 Å². The van der Waals surface area contributed by atoms with Gasteiger partial charge < -0.3 is 14.8 Å². The van der Waals surface area contributed by atoms with E-state index in [9.17, 15) is 9.59 Å². The van der Waals surface area contributed by atoms with Gasteiger partial charge in [-0.1, -0.05) is 29.8 Å². The van der Waals surface area contributed by atoms with Gasteiger partial charge in [-0.05, 0) is 11.6 Å². The molecule has 1 aromatic heterocycles. The average molecular weight is 348 g/mol. The SMILES string of the molecule is O=C(CN1CCNCC1=O)Nc1nccn1Cc1ccccc1Cl. The molecule has 0 unspecified atom stereocenters. The number of piperazine rings is 1. The lowest BCUT2D eigenvalue weighted by Gasteiger charge is -2.26. The summed E-state index contributed by atoms with van der Waals surface area (Å²) in [6, 6.07) is 7.52. The minimum absolute atomic E-state index is 0.0272. The van der Waals surface area contributed by atoms with E-state index >= 15 is 0 Å². The van der Waals surface area contributed by atoms with Crippen LogP contribution in [0.5, 0.6) is 0 Å². The van der Waals surface area contributed by atoms with Crippen LogP contribution in [0.3, 0.4) is 0 Å². The van der Waals surface area contributed by atoms with Gasteiger partial charge in [0.1, 0.15) is 6.54 Å². The van der Waals surface area contributed by atoms with Crippen molar-refractivity contribution in [3.8, 4) is 0 Å². The average Bonchev–Trinajstić information content (AvgIpc) is 2.99. The molecule has 8 heteroatoms. The predicted molar refractivity (Wildman–Crippen MR) is 90.9 cm³/mol. The summed E-state index contributed by atoms with van der Waals surface area (Å²) in [6.07, 6.45) is 3.39. The maximum atomic E-state index is 12.2. The Morgan fingerprint density at radius 3 is 3.00 bits per heavy atom. The summed E-state index contributed by atoms with van der Waals surface area (Å²) in [5.41, 5.74) is 0.935. The van der Waals surface area contributed by atoms with Gasteiger partial charge in [-0.15, -0.1) is 0 Å². The molecule has 0 atom stereocenters. The topological polar surface area (TPSA) is 79.3 Å². The zero-order valence-corrected chi connectivity index (χ0v) is 13.8. The summed E-state index contributed by atoms with van der Waals surface area (Å²) in [6.45, 7) is 2.02. The molecule has 2 aromatic rings. The first-order valence-corrected chi connectivity index (χ1v) is 8.04. The Hall–Kier alpha value is -2.38. The number of rotatable bonds is 5. The maximum Gasteiger partial charge on any atom is 0.246 e. The fourth-order valence-corrected chi connectivity index (χ4v) is 2.72. The second-order valence-corrected chi connectivity index (χ2v) is 5.92. The highest BCUT2D eigenvalue weighted by Gasteiger charge is 2.20. The normalized spacial score (nSPS) is 14.7. The number of hydrogen-bond donors (Lipinski definition) is 2. The van der Waals surface area contributed by atoms with Gasteiger partial charge in [-0.3, -0.25) is 14.9 Å². The van der Waals surface area contributed by atoms with Crippen molar-refractivity contribution in [1.82, 2.24) is 19.8 Å². The maximum absolute atomic E-state index is 12.2. The smallest absolute Gasteiger partial charge is 0.246 e. The molecule has 1 aliphatic rings. The predicted octanol–water partition coefficient (Wildman–Crippen LogP) is 0.955. The molecule has 1 aliphatic heterocycles. The highest BCUT2D eigenvalue weighted by atomic mass is 35.5. The molecule has 2 N–H and O–H groups in total. The van der Waals surface area contributed by atoms with Crippen LogP contribution in [0.15, 0.2) is 36.7 Å². The Balaban J connectivity index is 1.64. The lowest BCUT2D eigenvalue weighted by Crippen LogP contribution is -2.50. The molecule has 0 radical (unpaired) electrons. The minimum atomic E-state index is -0.267. The Labute approximate surface area is 144 Å². The molecule has 2 heterocycles. The van der Waals surface area contributed by atoms with E-state index in [1.807, 2.05) is 24.3 Å². The second kappa shape index (κ2) is 7.46. The van der Waals surface area contributed by atoms with Crippen LogP contribution in [0.1, 0.15) is 5.56 Å². The fraction of sp³-hybridized carbons (Fsp3) is 0.312. The summed E-state index contributed by atoms with van der Waals surface area (Å²) >= 11 is 6.17. The Kier molecular flexibility index (Phi) is 5.12. The second-order valence-electron chi connectivity index (χ2n) is 5.51. The van der Waals surface area contributed by atoms with Crippen LogP contribution in [0, 0.1) is 0 Å². The van der Waals surface area contributed by atoms with Gasteiger partial charge >= 0.3 is 0 Å². The van der Waals surface area contributed by atoms with E-state index in [1.165, 1.54) is 4.90 Å². The molecule has 1 saturated heterocycles. The number of aromatic nitrogens is 2. The highest BCUT2D eigenvalue weighted by molar-refractivity contribution is 6.31. The van der Waals surface area contributed by atoms with Crippen molar-refractivity contribution in [3.05, 3.63) is 47.2 Å². The van der Waals surface area contributed by atoms with Gasteiger partial charge in [0.05, 0.1) is 13.1 Å². The summed E-state index contributed by atoms with van der Waals surface area (Å²) in [5.74, 6) is 0.0928. The number of benzene rings is 1. The molecule has 3 rings (SSSR count). The molecular weight excluding hydrogens is 330 g/mol. The highest BCUT2D eigenvalue weighted by Crippen LogP contribution is 2.18. The Bertz CT molecular complexity index is 746. The minimum Gasteiger partial charge on any atom is -0.331 e. The molecule has 126 valence electrons. The number of carbonyl (C=O) groups is 2. The number of nitrogens with zero attached hydrogens (tertiary/aromatic N) is 3. The number of carbonyl (C=O) groups excluding carboxylic acids is 2. The monoisotopic (exact) mass is 347 g/mol. The molecule has 1 aromatic carbocycles. The third kappa shape index (κ3) is 3.93. The van der Waals surface area contributed by atoms with Crippen LogP contribution in [0.4, 0.5) is 5.95 Å². The lowest BCUT2D eigenvalue weighted by atomic mass is 10.2. The van der Waals surface area contributed by atoms with Gasteiger partial charge in [0.2, 0.25) is 17.8 Å². The largest absolute Gasteiger partial charge is 0.331 e. The Morgan fingerprint density at radius 2 is 2.21 bits per heavy atom. The van der Waals surface area contributed by atoms with Gasteiger partial charge in [0.15, 0.2) is 0 Å². The zero-order chi connectivity index (χ0) is 16.9. The van der Waals surface area contributed by atoms with Crippen LogP contribution >= 0.6 is 11.6 Å². The Morgan fingerprint density at radius 1 is 1.38 bits per heavy atom. The summed E-state index contributed by atoms with van der Waals surface area (Å²) < 4.78 is 1.80. The lowest BCUT2D eigenvalue weighted by molar-refractivity contribution is -0.135. The summed E-state index contributed by atoms with van der Waals surface area (Å²) in [7, 11) is 0. The number of halogens is 1. The molecule has 0 aliphatic carbocycles. The standard InChI is InChI=1S/C16H18ClN5O2/c17-13-4-2-1-3-12(13)10-22-8-6-19-16(22)20-14(23)11-21-7-5-18-9-15(21)24/h1-4,6,8,18H,5,7,9-11H2,(H,19,20,23). The quantitative estimate of drug-likeness (QED) is 0.844. The van der Waals surface area contributed by atoms with Gasteiger partial charge in [-0.2, -0.15) is 0 Å². The van der Waals surface area contributed by atoms with Gasteiger partial charge in [-0.25, -0.2) is 4.98 Å². The first-order chi connectivity index (χ1) is 11.6. The van der Waals surface area contributed by atoms with Crippen molar-refractivity contribution >= 4 is 29.4 Å². The first kappa shape index (κ1) is 16.5. The van der Waals surface area contributed by atoms with Crippen molar-refractivity contribution in [2.24, 2.45) is 0 Å². The van der Waals surface area contributed by atoms with Gasteiger partial charge in [0, 0.05) is 30.5 Å². The van der Waals surface area contributed by atoms with Crippen molar-refractivity contribution < 1.29 is 9.59 Å².